The molecule has 13 heavy (non-hydrogen) atoms. The molecule has 0 fully saturated rings. The molecule has 3 heteroatoms. The van der Waals surface area contributed by atoms with Crippen LogP contribution in [0.5, 0.6) is 5.75 Å². The fraction of sp³-hybridized carbons (Fsp3) is 0.100. The summed E-state index contributed by atoms with van der Waals surface area (Å²) in [6.45, 7) is 0. The molecule has 0 amide bonds. The summed E-state index contributed by atoms with van der Waals surface area (Å²) in [5.41, 5.74) is 7.05. The van der Waals surface area contributed by atoms with Crippen molar-refractivity contribution in [1.82, 2.24) is 0 Å². The Morgan fingerprint density at radius 1 is 1.54 bits per heavy atom. The van der Waals surface area contributed by atoms with Gasteiger partial charge in [-0.1, -0.05) is 0 Å². The van der Waals surface area contributed by atoms with Gasteiger partial charge in [-0.2, -0.15) is 5.26 Å². The number of anilines is 1. The molecule has 0 saturated carbocycles. The Bertz CT molecular complexity index is 364. The Hall–Kier alpha value is -1.95. The van der Waals surface area contributed by atoms with Crippen LogP contribution in [-0.4, -0.2) is 7.11 Å². The molecule has 0 aromatic heterocycles. The van der Waals surface area contributed by atoms with E-state index in [1.807, 2.05) is 12.1 Å². The van der Waals surface area contributed by atoms with E-state index < -0.39 is 0 Å². The molecule has 0 bridgehead atoms. The average molecular weight is 174 g/mol. The van der Waals surface area contributed by atoms with Crippen LogP contribution in [0.3, 0.4) is 0 Å². The number of benzene rings is 1. The lowest BCUT2D eigenvalue weighted by atomic mass is 10.1. The summed E-state index contributed by atoms with van der Waals surface area (Å²) >= 11 is 0. The highest BCUT2D eigenvalue weighted by Gasteiger charge is 1.98. The van der Waals surface area contributed by atoms with Crippen molar-refractivity contribution >= 4 is 11.8 Å². The van der Waals surface area contributed by atoms with Crippen molar-refractivity contribution < 1.29 is 4.74 Å². The van der Waals surface area contributed by atoms with Gasteiger partial charge in [0.2, 0.25) is 0 Å². The van der Waals surface area contributed by atoms with Gasteiger partial charge in [0.15, 0.2) is 0 Å². The number of hydrogen-bond acceptors (Lipinski definition) is 3. The molecule has 1 aromatic rings. The SMILES string of the molecule is COc1cc(N)ccc1C=CC#N. The van der Waals surface area contributed by atoms with Gasteiger partial charge >= 0.3 is 0 Å². The van der Waals surface area contributed by atoms with Crippen molar-refractivity contribution in [3.8, 4) is 11.8 Å². The second-order valence-corrected chi connectivity index (χ2v) is 2.46. The van der Waals surface area contributed by atoms with Crippen molar-refractivity contribution in [3.63, 3.8) is 0 Å². The third-order valence-electron chi connectivity index (χ3n) is 1.59. The van der Waals surface area contributed by atoms with Gasteiger partial charge in [-0.05, 0) is 18.2 Å². The van der Waals surface area contributed by atoms with E-state index in [-0.39, 0.29) is 0 Å². The molecule has 0 aliphatic rings. The third kappa shape index (κ3) is 2.24. The minimum atomic E-state index is 0.644. The Morgan fingerprint density at radius 3 is 2.92 bits per heavy atom. The lowest BCUT2D eigenvalue weighted by molar-refractivity contribution is 0.414. The topological polar surface area (TPSA) is 59.0 Å². The van der Waals surface area contributed by atoms with Crippen LogP contribution in [-0.2, 0) is 0 Å². The first-order valence-electron chi connectivity index (χ1n) is 3.77. The molecule has 0 saturated heterocycles. The Kier molecular flexibility index (Phi) is 2.93. The number of nitrogens with zero attached hydrogens (tertiary/aromatic N) is 1. The van der Waals surface area contributed by atoms with E-state index in [2.05, 4.69) is 0 Å². The van der Waals surface area contributed by atoms with E-state index in [0.29, 0.717) is 11.4 Å². The summed E-state index contributed by atoms with van der Waals surface area (Å²) in [7, 11) is 1.57. The highest BCUT2D eigenvalue weighted by molar-refractivity contribution is 5.62. The van der Waals surface area contributed by atoms with Crippen molar-refractivity contribution in [2.24, 2.45) is 0 Å². The van der Waals surface area contributed by atoms with E-state index in [0.717, 1.165) is 5.56 Å². The standard InChI is InChI=1S/C10H10N2O/c1-13-10-7-9(12)5-4-8(10)3-2-6-11/h2-5,7H,12H2,1H3. The van der Waals surface area contributed by atoms with Crippen LogP contribution in [0.1, 0.15) is 5.56 Å². The zero-order chi connectivity index (χ0) is 9.68. The molecule has 3 nitrogen and oxygen atoms in total. The predicted octanol–water partition coefficient (Wildman–Crippen LogP) is 1.81. The maximum Gasteiger partial charge on any atom is 0.128 e. The molecule has 1 rings (SSSR count). The second kappa shape index (κ2) is 4.17. The second-order valence-electron chi connectivity index (χ2n) is 2.46. The third-order valence-corrected chi connectivity index (χ3v) is 1.59. The number of nitrogens with two attached hydrogens (primary N) is 1. The van der Waals surface area contributed by atoms with Crippen molar-refractivity contribution in [1.29, 1.82) is 5.26 Å². The van der Waals surface area contributed by atoms with Crippen LogP contribution in [0.25, 0.3) is 6.08 Å². The highest BCUT2D eigenvalue weighted by atomic mass is 16.5. The molecule has 0 spiro atoms. The molecule has 0 aliphatic carbocycles. The van der Waals surface area contributed by atoms with Crippen LogP contribution in [0, 0.1) is 11.3 Å². The number of nitriles is 1. The minimum Gasteiger partial charge on any atom is -0.496 e. The summed E-state index contributed by atoms with van der Waals surface area (Å²) in [5, 5.41) is 8.34. The molecule has 0 aliphatic heterocycles. The number of ether oxygens (including phenoxy) is 1. The zero-order valence-electron chi connectivity index (χ0n) is 7.32. The Balaban J connectivity index is 3.07. The first-order chi connectivity index (χ1) is 6.27. The van der Waals surface area contributed by atoms with Gasteiger partial charge in [0.1, 0.15) is 5.75 Å². The Labute approximate surface area is 77.0 Å². The number of nitrogen functional groups attached to an aromatic ring is 1. The number of methoxy groups -OCH3 is 1. The van der Waals surface area contributed by atoms with E-state index in [9.17, 15) is 0 Å². The number of hydrogen-bond donors (Lipinski definition) is 1. The monoisotopic (exact) mass is 174 g/mol. The van der Waals surface area contributed by atoms with Crippen LogP contribution in [0.15, 0.2) is 24.3 Å². The van der Waals surface area contributed by atoms with Gasteiger partial charge in [0.05, 0.1) is 13.2 Å². The van der Waals surface area contributed by atoms with Crippen LogP contribution in [0.2, 0.25) is 0 Å². The molecule has 0 atom stereocenters. The zero-order valence-corrected chi connectivity index (χ0v) is 7.32. The van der Waals surface area contributed by atoms with Gasteiger partial charge in [0, 0.05) is 23.4 Å². The molecule has 0 unspecified atom stereocenters. The van der Waals surface area contributed by atoms with Gasteiger partial charge in [-0.3, -0.25) is 0 Å². The summed E-state index contributed by atoms with van der Waals surface area (Å²) in [6, 6.07) is 7.21. The van der Waals surface area contributed by atoms with Gasteiger partial charge in [0.25, 0.3) is 0 Å². The van der Waals surface area contributed by atoms with Crippen LogP contribution < -0.4 is 10.5 Å². The molecule has 1 aromatic carbocycles. The predicted molar refractivity (Wildman–Crippen MR) is 52.1 cm³/mol. The smallest absolute Gasteiger partial charge is 0.128 e. The molecule has 2 N–H and O–H groups in total. The first kappa shape index (κ1) is 9.14. The summed E-state index contributed by atoms with van der Waals surface area (Å²) in [6.07, 6.45) is 3.08. The van der Waals surface area contributed by atoms with E-state index >= 15 is 0 Å². The molecule has 0 radical (unpaired) electrons. The summed E-state index contributed by atoms with van der Waals surface area (Å²) < 4.78 is 5.08. The van der Waals surface area contributed by atoms with E-state index in [1.165, 1.54) is 6.08 Å². The summed E-state index contributed by atoms with van der Waals surface area (Å²) in [4.78, 5) is 0. The van der Waals surface area contributed by atoms with E-state index in [4.69, 9.17) is 15.7 Å². The average Bonchev–Trinajstić information content (AvgIpc) is 2.16. The quantitative estimate of drug-likeness (QED) is 0.549. The van der Waals surface area contributed by atoms with Crippen molar-refractivity contribution in [2.75, 3.05) is 12.8 Å². The maximum atomic E-state index is 8.34. The van der Waals surface area contributed by atoms with Crippen molar-refractivity contribution in [2.45, 2.75) is 0 Å². The molecule has 0 heterocycles. The largest absolute Gasteiger partial charge is 0.496 e. The fourth-order valence-electron chi connectivity index (χ4n) is 0.992. The number of allylic oxidation sites excluding steroid dienone is 1. The van der Waals surface area contributed by atoms with Gasteiger partial charge in [-0.15, -0.1) is 0 Å². The molecule has 66 valence electrons. The van der Waals surface area contributed by atoms with Crippen molar-refractivity contribution in [3.05, 3.63) is 29.8 Å². The lowest BCUT2D eigenvalue weighted by Gasteiger charge is -2.04. The summed E-state index contributed by atoms with van der Waals surface area (Å²) in [5.74, 6) is 0.673. The number of rotatable bonds is 2. The molecular weight excluding hydrogens is 164 g/mol. The normalized spacial score (nSPS) is 9.85. The van der Waals surface area contributed by atoms with Crippen LogP contribution >= 0.6 is 0 Å². The maximum absolute atomic E-state index is 8.34. The fourth-order valence-corrected chi connectivity index (χ4v) is 0.992. The highest BCUT2D eigenvalue weighted by Crippen LogP contribution is 2.22. The van der Waals surface area contributed by atoms with Gasteiger partial charge < -0.3 is 10.5 Å². The van der Waals surface area contributed by atoms with Gasteiger partial charge in [-0.25, -0.2) is 0 Å². The Morgan fingerprint density at radius 2 is 2.31 bits per heavy atom. The molecular formula is C10H10N2O. The lowest BCUT2D eigenvalue weighted by Crippen LogP contribution is -1.90. The van der Waals surface area contributed by atoms with E-state index in [1.54, 1.807) is 25.3 Å². The van der Waals surface area contributed by atoms with Crippen LogP contribution in [0.4, 0.5) is 5.69 Å². The minimum absolute atomic E-state index is 0.644. The first-order valence-corrected chi connectivity index (χ1v) is 3.77.